The highest BCUT2D eigenvalue weighted by Gasteiger charge is 2.16. The van der Waals surface area contributed by atoms with Crippen LogP contribution in [0, 0.1) is 5.92 Å². The zero-order valence-electron chi connectivity index (χ0n) is 16.8. The first-order chi connectivity index (χ1) is 11.7. The highest BCUT2D eigenvalue weighted by atomic mass is 16.5. The van der Waals surface area contributed by atoms with E-state index in [9.17, 15) is 0 Å². The van der Waals surface area contributed by atoms with Gasteiger partial charge in [-0.1, -0.05) is 13.3 Å². The van der Waals surface area contributed by atoms with Crippen molar-refractivity contribution in [2.24, 2.45) is 5.92 Å². The van der Waals surface area contributed by atoms with Crippen LogP contribution in [-0.2, 0) is 9.47 Å². The molecule has 0 radical (unpaired) electrons. The van der Waals surface area contributed by atoms with Gasteiger partial charge >= 0.3 is 0 Å². The molecule has 0 N–H and O–H groups in total. The molecule has 144 valence electrons. The summed E-state index contributed by atoms with van der Waals surface area (Å²) in [4.78, 5) is 4.80. The van der Waals surface area contributed by atoms with E-state index < -0.39 is 0 Å². The van der Waals surface area contributed by atoms with Gasteiger partial charge in [0.1, 0.15) is 0 Å². The molecule has 2 heterocycles. The maximum absolute atomic E-state index is 5.74. The SMILES string of the molecule is CCCCOC1CCN(C)CC1.COCCCC1CCN(C)CC1. The predicted octanol–water partition coefficient (Wildman–Crippen LogP) is 3.65. The molecule has 0 aromatic rings. The van der Waals surface area contributed by atoms with Crippen molar-refractivity contribution in [2.45, 2.75) is 64.4 Å². The Bertz CT molecular complexity index is 245. The molecule has 2 saturated heterocycles. The number of likely N-dealkylation sites (tertiary alicyclic amines) is 2. The Morgan fingerprint density at radius 3 is 1.96 bits per heavy atom. The van der Waals surface area contributed by atoms with Gasteiger partial charge < -0.3 is 19.3 Å². The highest BCUT2D eigenvalue weighted by Crippen LogP contribution is 2.20. The molecule has 0 spiro atoms. The van der Waals surface area contributed by atoms with Crippen LogP contribution in [0.5, 0.6) is 0 Å². The normalized spacial score (nSPS) is 21.5. The smallest absolute Gasteiger partial charge is 0.0599 e. The first kappa shape index (κ1) is 21.9. The zero-order chi connectivity index (χ0) is 17.6. The molecule has 2 fully saturated rings. The molecule has 0 aliphatic carbocycles. The molecule has 0 bridgehead atoms. The van der Waals surface area contributed by atoms with E-state index in [1.807, 2.05) is 0 Å². The first-order valence-electron chi connectivity index (χ1n) is 10.1. The molecule has 0 aromatic heterocycles. The van der Waals surface area contributed by atoms with Crippen LogP contribution in [0.1, 0.15) is 58.3 Å². The van der Waals surface area contributed by atoms with E-state index >= 15 is 0 Å². The molecule has 2 rings (SSSR count). The van der Waals surface area contributed by atoms with Gasteiger partial charge in [-0.25, -0.2) is 0 Å². The molecule has 0 unspecified atom stereocenters. The van der Waals surface area contributed by atoms with E-state index in [0.29, 0.717) is 6.10 Å². The highest BCUT2D eigenvalue weighted by molar-refractivity contribution is 4.70. The third kappa shape index (κ3) is 10.7. The Morgan fingerprint density at radius 1 is 0.833 bits per heavy atom. The van der Waals surface area contributed by atoms with Crippen LogP contribution in [0.25, 0.3) is 0 Å². The van der Waals surface area contributed by atoms with E-state index in [1.165, 1.54) is 77.5 Å². The summed E-state index contributed by atoms with van der Waals surface area (Å²) in [6, 6.07) is 0. The fourth-order valence-electron chi connectivity index (χ4n) is 3.41. The Labute approximate surface area is 150 Å². The Kier molecular flexibility index (Phi) is 12.8. The van der Waals surface area contributed by atoms with Gasteiger partial charge in [0.05, 0.1) is 6.10 Å². The predicted molar refractivity (Wildman–Crippen MR) is 103 cm³/mol. The summed E-state index contributed by atoms with van der Waals surface area (Å²) in [7, 11) is 6.18. The molecular weight excluding hydrogens is 300 g/mol. The zero-order valence-corrected chi connectivity index (χ0v) is 16.8. The van der Waals surface area contributed by atoms with Crippen LogP contribution in [0.3, 0.4) is 0 Å². The second-order valence-corrected chi connectivity index (χ2v) is 7.61. The average molecular weight is 343 g/mol. The second-order valence-electron chi connectivity index (χ2n) is 7.61. The van der Waals surface area contributed by atoms with Crippen LogP contribution in [0.15, 0.2) is 0 Å². The molecule has 0 amide bonds. The molecule has 0 aromatic carbocycles. The van der Waals surface area contributed by atoms with Crippen molar-refractivity contribution in [1.82, 2.24) is 9.80 Å². The van der Waals surface area contributed by atoms with E-state index in [2.05, 4.69) is 30.8 Å². The minimum Gasteiger partial charge on any atom is -0.385 e. The van der Waals surface area contributed by atoms with Crippen LogP contribution < -0.4 is 0 Å². The third-order valence-electron chi connectivity index (χ3n) is 5.32. The van der Waals surface area contributed by atoms with Gasteiger partial charge in [0.2, 0.25) is 0 Å². The van der Waals surface area contributed by atoms with Gasteiger partial charge in [0.25, 0.3) is 0 Å². The van der Waals surface area contributed by atoms with Crippen LogP contribution >= 0.6 is 0 Å². The molecule has 0 saturated carbocycles. The van der Waals surface area contributed by atoms with Gasteiger partial charge in [0, 0.05) is 33.4 Å². The fraction of sp³-hybridized carbons (Fsp3) is 1.00. The van der Waals surface area contributed by atoms with Crippen LogP contribution in [-0.4, -0.2) is 76.5 Å². The molecular formula is C20H42N2O2. The van der Waals surface area contributed by atoms with E-state index in [0.717, 1.165) is 19.1 Å². The fourth-order valence-corrected chi connectivity index (χ4v) is 3.41. The Morgan fingerprint density at radius 2 is 1.42 bits per heavy atom. The lowest BCUT2D eigenvalue weighted by Gasteiger charge is -2.28. The molecule has 2 aliphatic heterocycles. The van der Waals surface area contributed by atoms with Gasteiger partial charge in [-0.05, 0) is 78.0 Å². The topological polar surface area (TPSA) is 24.9 Å². The number of hydrogen-bond acceptors (Lipinski definition) is 4. The monoisotopic (exact) mass is 342 g/mol. The Hall–Kier alpha value is -0.160. The molecule has 0 atom stereocenters. The minimum absolute atomic E-state index is 0.549. The quantitative estimate of drug-likeness (QED) is 0.629. The van der Waals surface area contributed by atoms with Crippen molar-refractivity contribution in [3.05, 3.63) is 0 Å². The summed E-state index contributed by atoms with van der Waals surface area (Å²) in [6.07, 6.45) is 10.8. The van der Waals surface area contributed by atoms with Gasteiger partial charge in [-0.15, -0.1) is 0 Å². The number of hydrogen-bond donors (Lipinski definition) is 0. The third-order valence-corrected chi connectivity index (χ3v) is 5.32. The number of unbranched alkanes of at least 4 members (excludes halogenated alkanes) is 1. The summed E-state index contributed by atoms with van der Waals surface area (Å²) in [6.45, 7) is 9.10. The average Bonchev–Trinajstić information content (AvgIpc) is 2.59. The van der Waals surface area contributed by atoms with Gasteiger partial charge in [0.15, 0.2) is 0 Å². The summed E-state index contributed by atoms with van der Waals surface area (Å²) in [5.74, 6) is 0.969. The van der Waals surface area contributed by atoms with E-state index in [4.69, 9.17) is 9.47 Å². The molecule has 4 nitrogen and oxygen atoms in total. The lowest BCUT2D eigenvalue weighted by Crippen LogP contribution is -2.34. The van der Waals surface area contributed by atoms with Crippen molar-refractivity contribution >= 4 is 0 Å². The minimum atomic E-state index is 0.549. The lowest BCUT2D eigenvalue weighted by atomic mass is 9.93. The maximum Gasteiger partial charge on any atom is 0.0599 e. The Balaban J connectivity index is 0.000000240. The van der Waals surface area contributed by atoms with E-state index in [-0.39, 0.29) is 0 Å². The summed E-state index contributed by atoms with van der Waals surface area (Å²) >= 11 is 0. The van der Waals surface area contributed by atoms with Crippen LogP contribution in [0.2, 0.25) is 0 Å². The second kappa shape index (κ2) is 14.1. The van der Waals surface area contributed by atoms with E-state index in [1.54, 1.807) is 7.11 Å². The standard InChI is InChI=1S/2C10H21NO/c1-11-7-5-10(6-8-11)4-3-9-12-2;1-3-4-9-12-10-5-7-11(2)8-6-10/h2*10H,3-9H2,1-2H3. The number of methoxy groups -OCH3 is 1. The van der Waals surface area contributed by atoms with Gasteiger partial charge in [-0.3, -0.25) is 0 Å². The number of nitrogens with zero attached hydrogens (tertiary/aromatic N) is 2. The summed E-state index contributed by atoms with van der Waals surface area (Å²) in [5.41, 5.74) is 0. The van der Waals surface area contributed by atoms with Gasteiger partial charge in [-0.2, -0.15) is 0 Å². The molecule has 24 heavy (non-hydrogen) atoms. The number of ether oxygens (including phenoxy) is 2. The van der Waals surface area contributed by atoms with Crippen molar-refractivity contribution in [2.75, 3.05) is 60.6 Å². The first-order valence-corrected chi connectivity index (χ1v) is 10.1. The maximum atomic E-state index is 5.74. The van der Waals surface area contributed by atoms with Crippen molar-refractivity contribution in [3.63, 3.8) is 0 Å². The molecule has 4 heteroatoms. The largest absolute Gasteiger partial charge is 0.385 e. The van der Waals surface area contributed by atoms with Crippen molar-refractivity contribution in [1.29, 1.82) is 0 Å². The van der Waals surface area contributed by atoms with Crippen molar-refractivity contribution < 1.29 is 9.47 Å². The summed E-state index contributed by atoms with van der Waals surface area (Å²) < 4.78 is 10.8. The number of piperidine rings is 2. The molecule has 2 aliphatic rings. The summed E-state index contributed by atoms with van der Waals surface area (Å²) in [5, 5.41) is 0. The van der Waals surface area contributed by atoms with Crippen molar-refractivity contribution in [3.8, 4) is 0 Å². The number of rotatable bonds is 8. The lowest BCUT2D eigenvalue weighted by molar-refractivity contribution is 0.0113. The van der Waals surface area contributed by atoms with Crippen LogP contribution in [0.4, 0.5) is 0 Å².